The molecule has 0 spiro atoms. The second-order valence-corrected chi connectivity index (χ2v) is 9.47. The van der Waals surface area contributed by atoms with Gasteiger partial charge in [0, 0.05) is 26.2 Å². The van der Waals surface area contributed by atoms with Crippen molar-refractivity contribution in [1.29, 1.82) is 0 Å². The minimum atomic E-state index is -3.60. The van der Waals surface area contributed by atoms with E-state index in [4.69, 9.17) is 0 Å². The molecule has 2 aliphatic rings. The van der Waals surface area contributed by atoms with Gasteiger partial charge < -0.3 is 4.90 Å². The Morgan fingerprint density at radius 3 is 2.73 bits per heavy atom. The van der Waals surface area contributed by atoms with E-state index < -0.39 is 10.0 Å². The number of carbonyl (C=O) groups excluding carboxylic acids is 1. The molecule has 4 rings (SSSR count). The monoisotopic (exact) mass is 395 g/mol. The van der Waals surface area contributed by atoms with Crippen molar-refractivity contribution in [3.05, 3.63) is 29.0 Å². The van der Waals surface area contributed by atoms with E-state index in [1.807, 2.05) is 0 Å². The Morgan fingerprint density at radius 2 is 2.00 bits per heavy atom. The number of rotatable bonds is 4. The number of carbonyl (C=O) groups is 1. The number of hydrogen-bond acceptors (Lipinski definition) is 6. The smallest absolute Gasteiger partial charge is 0.265 e. The molecule has 140 valence electrons. The molecule has 2 aromatic heterocycles. The number of likely N-dealkylation sites (tertiary alicyclic amines) is 1. The number of hydrogen-bond donors (Lipinski definition) is 0. The lowest BCUT2D eigenvalue weighted by Gasteiger charge is -2.32. The molecule has 8 nitrogen and oxygen atoms in total. The lowest BCUT2D eigenvalue weighted by Crippen LogP contribution is -2.41. The van der Waals surface area contributed by atoms with Crippen LogP contribution < -0.4 is 0 Å². The fourth-order valence-electron chi connectivity index (χ4n) is 3.63. The molecule has 0 saturated carbocycles. The van der Waals surface area contributed by atoms with Crippen LogP contribution in [-0.2, 0) is 10.0 Å². The summed E-state index contributed by atoms with van der Waals surface area (Å²) in [6.45, 7) is 2.21. The minimum Gasteiger partial charge on any atom is -0.336 e. The first kappa shape index (κ1) is 17.6. The van der Waals surface area contributed by atoms with Crippen LogP contribution in [0.15, 0.2) is 29.0 Å². The second-order valence-electron chi connectivity index (χ2n) is 6.65. The first-order valence-corrected chi connectivity index (χ1v) is 11.1. The van der Waals surface area contributed by atoms with Crippen molar-refractivity contribution < 1.29 is 13.2 Å². The lowest BCUT2D eigenvalue weighted by atomic mass is 10.1. The summed E-state index contributed by atoms with van der Waals surface area (Å²) >= 11 is 1.20. The average Bonchev–Trinajstić information content (AvgIpc) is 3.43. The molecule has 0 N–H and O–H groups in total. The van der Waals surface area contributed by atoms with Crippen LogP contribution in [0.5, 0.6) is 0 Å². The van der Waals surface area contributed by atoms with Gasteiger partial charge in [-0.05, 0) is 37.1 Å². The van der Waals surface area contributed by atoms with Gasteiger partial charge in [0.25, 0.3) is 5.91 Å². The van der Waals surface area contributed by atoms with Gasteiger partial charge in [-0.2, -0.15) is 9.40 Å². The van der Waals surface area contributed by atoms with E-state index in [1.165, 1.54) is 22.0 Å². The van der Waals surface area contributed by atoms with Gasteiger partial charge in [0.1, 0.15) is 22.4 Å². The third kappa shape index (κ3) is 3.17. The highest BCUT2D eigenvalue weighted by molar-refractivity contribution is 7.89. The van der Waals surface area contributed by atoms with Gasteiger partial charge in [0.05, 0.1) is 6.04 Å². The summed E-state index contributed by atoms with van der Waals surface area (Å²) in [5.41, 5.74) is 0. The van der Waals surface area contributed by atoms with Crippen LogP contribution in [-0.4, -0.2) is 64.5 Å². The Balaban J connectivity index is 1.56. The Hall–Kier alpha value is -1.78. The molecule has 2 fully saturated rings. The molecule has 1 amide bonds. The first-order chi connectivity index (χ1) is 12.6. The van der Waals surface area contributed by atoms with Crippen molar-refractivity contribution in [2.24, 2.45) is 0 Å². The van der Waals surface area contributed by atoms with Gasteiger partial charge in [-0.15, -0.1) is 11.3 Å². The van der Waals surface area contributed by atoms with E-state index in [0.29, 0.717) is 31.1 Å². The zero-order chi connectivity index (χ0) is 18.1. The largest absolute Gasteiger partial charge is 0.336 e. The summed E-state index contributed by atoms with van der Waals surface area (Å²) in [5, 5.41) is 5.86. The summed E-state index contributed by atoms with van der Waals surface area (Å²) in [5.74, 6) is -0.206. The zero-order valence-corrected chi connectivity index (χ0v) is 16.0. The fourth-order valence-corrected chi connectivity index (χ4v) is 6.51. The highest BCUT2D eigenvalue weighted by atomic mass is 32.2. The maximum atomic E-state index is 13.1. The van der Waals surface area contributed by atoms with Crippen molar-refractivity contribution in [1.82, 2.24) is 24.0 Å². The summed E-state index contributed by atoms with van der Waals surface area (Å²) in [4.78, 5) is 19.2. The fraction of sp³-hybridized carbons (Fsp3) is 0.562. The summed E-state index contributed by atoms with van der Waals surface area (Å²) in [6, 6.07) is 1.64. The minimum absolute atomic E-state index is 0.0776. The van der Waals surface area contributed by atoms with Crippen LogP contribution in [0.3, 0.4) is 0 Å². The SMILES string of the molecule is O=C(c1sccc1S(=O)(=O)N1CCCC1)N1CCCC(n2cncn2)C1. The highest BCUT2D eigenvalue weighted by Gasteiger charge is 2.34. The number of aromatic nitrogens is 3. The van der Waals surface area contributed by atoms with Crippen molar-refractivity contribution in [3.63, 3.8) is 0 Å². The van der Waals surface area contributed by atoms with E-state index in [-0.39, 0.29) is 16.8 Å². The Labute approximate surface area is 156 Å². The van der Waals surface area contributed by atoms with Crippen molar-refractivity contribution in [3.8, 4) is 0 Å². The van der Waals surface area contributed by atoms with E-state index in [2.05, 4.69) is 10.1 Å². The van der Waals surface area contributed by atoms with E-state index in [1.54, 1.807) is 27.4 Å². The molecule has 26 heavy (non-hydrogen) atoms. The molecule has 2 aromatic rings. The molecule has 4 heterocycles. The Bertz CT molecular complexity index is 872. The predicted molar refractivity (Wildman–Crippen MR) is 96.5 cm³/mol. The molecular formula is C16H21N5O3S2. The lowest BCUT2D eigenvalue weighted by molar-refractivity contribution is 0.0674. The molecule has 1 unspecified atom stereocenters. The summed E-state index contributed by atoms with van der Waals surface area (Å²) in [7, 11) is -3.60. The average molecular weight is 396 g/mol. The first-order valence-electron chi connectivity index (χ1n) is 8.78. The van der Waals surface area contributed by atoms with Gasteiger partial charge in [0.2, 0.25) is 10.0 Å². The van der Waals surface area contributed by atoms with Crippen LogP contribution in [0.2, 0.25) is 0 Å². The number of amides is 1. The molecule has 1 atom stereocenters. The van der Waals surface area contributed by atoms with Crippen LogP contribution in [0, 0.1) is 0 Å². The van der Waals surface area contributed by atoms with E-state index in [9.17, 15) is 13.2 Å². The van der Waals surface area contributed by atoms with Crippen LogP contribution in [0.1, 0.15) is 41.4 Å². The maximum absolute atomic E-state index is 13.1. The topological polar surface area (TPSA) is 88.4 Å². The van der Waals surface area contributed by atoms with Gasteiger partial charge >= 0.3 is 0 Å². The molecule has 2 saturated heterocycles. The van der Waals surface area contributed by atoms with Crippen molar-refractivity contribution in [2.75, 3.05) is 26.2 Å². The molecule has 0 bridgehead atoms. The van der Waals surface area contributed by atoms with Gasteiger partial charge in [0.15, 0.2) is 0 Å². The quantitative estimate of drug-likeness (QED) is 0.785. The maximum Gasteiger partial charge on any atom is 0.265 e. The number of nitrogens with zero attached hydrogens (tertiary/aromatic N) is 5. The molecule has 0 aliphatic carbocycles. The third-order valence-electron chi connectivity index (χ3n) is 5.00. The second kappa shape index (κ2) is 7.09. The standard InChI is InChI=1S/C16H21N5O3S2/c22-16(19-6-3-4-13(10-19)21-12-17-11-18-21)15-14(5-9-25-15)26(23,24)20-7-1-2-8-20/h5,9,11-13H,1-4,6-8,10H2. The summed E-state index contributed by atoms with van der Waals surface area (Å²) in [6.07, 6.45) is 6.68. The Morgan fingerprint density at radius 1 is 1.19 bits per heavy atom. The van der Waals surface area contributed by atoms with Gasteiger partial charge in [-0.3, -0.25) is 4.79 Å². The number of piperidine rings is 1. The molecular weight excluding hydrogens is 374 g/mol. The van der Waals surface area contributed by atoms with E-state index >= 15 is 0 Å². The third-order valence-corrected chi connectivity index (χ3v) is 7.97. The van der Waals surface area contributed by atoms with Gasteiger partial charge in [-0.25, -0.2) is 18.1 Å². The molecule has 2 aliphatic heterocycles. The van der Waals surface area contributed by atoms with E-state index in [0.717, 1.165) is 25.7 Å². The van der Waals surface area contributed by atoms with Crippen LogP contribution >= 0.6 is 11.3 Å². The predicted octanol–water partition coefficient (Wildman–Crippen LogP) is 1.60. The van der Waals surface area contributed by atoms with Gasteiger partial charge in [-0.1, -0.05) is 0 Å². The zero-order valence-electron chi connectivity index (χ0n) is 14.3. The number of thiophene rings is 1. The normalized spacial score (nSPS) is 22.0. The van der Waals surface area contributed by atoms with Crippen LogP contribution in [0.4, 0.5) is 0 Å². The van der Waals surface area contributed by atoms with Crippen LogP contribution in [0.25, 0.3) is 0 Å². The molecule has 0 aromatic carbocycles. The molecule has 0 radical (unpaired) electrons. The Kier molecular flexibility index (Phi) is 4.80. The molecule has 10 heteroatoms. The highest BCUT2D eigenvalue weighted by Crippen LogP contribution is 2.30. The summed E-state index contributed by atoms with van der Waals surface area (Å²) < 4.78 is 29.0. The van der Waals surface area contributed by atoms with Crippen molar-refractivity contribution in [2.45, 2.75) is 36.6 Å². The number of sulfonamides is 1. The van der Waals surface area contributed by atoms with Crippen molar-refractivity contribution >= 4 is 27.3 Å².